The van der Waals surface area contributed by atoms with Crippen molar-refractivity contribution in [3.8, 4) is 0 Å². The molecule has 0 aliphatic carbocycles. The van der Waals surface area contributed by atoms with Gasteiger partial charge in [-0.25, -0.2) is 4.98 Å². The van der Waals surface area contributed by atoms with Gasteiger partial charge >= 0.3 is 0 Å². The fraction of sp³-hybridized carbons (Fsp3) is 0. The zero-order chi connectivity index (χ0) is 10.1. The quantitative estimate of drug-likeness (QED) is 0.681. The van der Waals surface area contributed by atoms with Crippen LogP contribution in [0.3, 0.4) is 0 Å². The minimum Gasteiger partial charge on any atom is -0.296 e. The lowest BCUT2D eigenvalue weighted by molar-refractivity contribution is 1.15. The lowest BCUT2D eigenvalue weighted by Crippen LogP contribution is -1.74. The molecule has 3 nitrogen and oxygen atoms in total. The summed E-state index contributed by atoms with van der Waals surface area (Å²) < 4.78 is 2.04. The molecule has 0 fully saturated rings. The Morgan fingerprint density at radius 1 is 1.27 bits per heavy atom. The predicted octanol–water partition coefficient (Wildman–Crippen LogP) is 2.94. The van der Waals surface area contributed by atoms with E-state index in [1.807, 2.05) is 29.1 Å². The lowest BCUT2D eigenvalue weighted by Gasteiger charge is -1.95. The summed E-state index contributed by atoms with van der Waals surface area (Å²) in [6.45, 7) is 0. The molecule has 0 saturated carbocycles. The molecule has 0 aromatic carbocycles. The van der Waals surface area contributed by atoms with Crippen molar-refractivity contribution in [2.75, 3.05) is 0 Å². The standard InChI is InChI=1S/C10H7N3S2/c1-3-11-4-2-8(1)15-9-10-13(7-12-9)5-6-14-10/h1-7H. The Hall–Kier alpha value is -1.33. The average molecular weight is 233 g/mol. The summed E-state index contributed by atoms with van der Waals surface area (Å²) in [7, 11) is 0. The number of hydrogen-bond donors (Lipinski definition) is 0. The highest BCUT2D eigenvalue weighted by molar-refractivity contribution is 7.99. The van der Waals surface area contributed by atoms with Gasteiger partial charge in [0.05, 0.1) is 0 Å². The third-order valence-electron chi connectivity index (χ3n) is 1.98. The van der Waals surface area contributed by atoms with E-state index >= 15 is 0 Å². The second-order valence-corrected chi connectivity index (χ2v) is 4.91. The van der Waals surface area contributed by atoms with Crippen LogP contribution < -0.4 is 0 Å². The monoisotopic (exact) mass is 233 g/mol. The smallest absolute Gasteiger partial charge is 0.137 e. The van der Waals surface area contributed by atoms with Gasteiger partial charge in [-0.15, -0.1) is 11.3 Å². The van der Waals surface area contributed by atoms with Gasteiger partial charge in [0.2, 0.25) is 0 Å². The molecule has 74 valence electrons. The normalized spacial score (nSPS) is 10.9. The Morgan fingerprint density at radius 2 is 2.13 bits per heavy atom. The molecule has 3 rings (SSSR count). The van der Waals surface area contributed by atoms with Crippen molar-refractivity contribution in [3.63, 3.8) is 0 Å². The molecule has 0 aliphatic rings. The van der Waals surface area contributed by atoms with E-state index in [2.05, 4.69) is 15.3 Å². The Bertz CT molecular complexity index is 570. The molecule has 0 radical (unpaired) electrons. The van der Waals surface area contributed by atoms with Gasteiger partial charge in [0.15, 0.2) is 0 Å². The van der Waals surface area contributed by atoms with Crippen molar-refractivity contribution in [2.24, 2.45) is 0 Å². The van der Waals surface area contributed by atoms with Gasteiger partial charge in [0.1, 0.15) is 16.2 Å². The maximum absolute atomic E-state index is 4.37. The number of nitrogens with zero attached hydrogens (tertiary/aromatic N) is 3. The van der Waals surface area contributed by atoms with Gasteiger partial charge in [-0.05, 0) is 12.1 Å². The van der Waals surface area contributed by atoms with Crippen molar-refractivity contribution < 1.29 is 0 Å². The molecule has 0 spiro atoms. The Labute approximate surface area is 94.8 Å². The first kappa shape index (κ1) is 8.94. The summed E-state index contributed by atoms with van der Waals surface area (Å²) >= 11 is 3.37. The molecule has 0 aliphatic heterocycles. The first-order valence-electron chi connectivity index (χ1n) is 4.41. The Kier molecular flexibility index (Phi) is 2.19. The fourth-order valence-electron chi connectivity index (χ4n) is 1.30. The van der Waals surface area contributed by atoms with E-state index in [4.69, 9.17) is 0 Å². The van der Waals surface area contributed by atoms with Gasteiger partial charge in [-0.3, -0.25) is 9.38 Å². The maximum atomic E-state index is 4.37. The molecule has 0 amide bonds. The van der Waals surface area contributed by atoms with Crippen LogP contribution in [0.2, 0.25) is 0 Å². The molecule has 0 saturated heterocycles. The average Bonchev–Trinajstić information content (AvgIpc) is 2.85. The van der Waals surface area contributed by atoms with Crippen LogP contribution in [-0.4, -0.2) is 14.4 Å². The predicted molar refractivity (Wildman–Crippen MR) is 61.4 cm³/mol. The highest BCUT2D eigenvalue weighted by atomic mass is 32.2. The summed E-state index contributed by atoms with van der Waals surface area (Å²) in [5, 5.41) is 3.12. The molecule has 0 unspecified atom stereocenters. The third kappa shape index (κ3) is 1.64. The Morgan fingerprint density at radius 3 is 3.00 bits per heavy atom. The first-order chi connectivity index (χ1) is 7.43. The van der Waals surface area contributed by atoms with Crippen molar-refractivity contribution in [1.29, 1.82) is 0 Å². The van der Waals surface area contributed by atoms with Crippen LogP contribution in [0.1, 0.15) is 0 Å². The van der Waals surface area contributed by atoms with E-state index in [1.165, 1.54) is 9.73 Å². The van der Waals surface area contributed by atoms with Crippen LogP contribution in [0.25, 0.3) is 4.83 Å². The van der Waals surface area contributed by atoms with Crippen molar-refractivity contribution in [1.82, 2.24) is 14.4 Å². The van der Waals surface area contributed by atoms with Gasteiger partial charge in [0, 0.05) is 28.9 Å². The second-order valence-electron chi connectivity index (χ2n) is 2.95. The van der Waals surface area contributed by atoms with E-state index in [9.17, 15) is 0 Å². The van der Waals surface area contributed by atoms with E-state index in [1.54, 1.807) is 35.5 Å². The lowest BCUT2D eigenvalue weighted by atomic mass is 10.5. The van der Waals surface area contributed by atoms with E-state index < -0.39 is 0 Å². The molecular weight excluding hydrogens is 226 g/mol. The van der Waals surface area contributed by atoms with Crippen LogP contribution in [0.4, 0.5) is 0 Å². The molecule has 0 N–H and O–H groups in total. The minimum absolute atomic E-state index is 1.05. The van der Waals surface area contributed by atoms with Crippen LogP contribution in [0.15, 0.2) is 52.4 Å². The summed E-state index contributed by atoms with van der Waals surface area (Å²) in [5.41, 5.74) is 0. The molecular formula is C10H7N3S2. The topological polar surface area (TPSA) is 30.2 Å². The van der Waals surface area contributed by atoms with Gasteiger partial charge in [-0.1, -0.05) is 11.8 Å². The first-order valence-corrected chi connectivity index (χ1v) is 6.11. The van der Waals surface area contributed by atoms with Crippen LogP contribution in [-0.2, 0) is 0 Å². The van der Waals surface area contributed by atoms with Crippen LogP contribution in [0.5, 0.6) is 0 Å². The number of rotatable bonds is 2. The zero-order valence-electron chi connectivity index (χ0n) is 7.70. The van der Waals surface area contributed by atoms with Crippen molar-refractivity contribution in [3.05, 3.63) is 42.4 Å². The summed E-state index contributed by atoms with van der Waals surface area (Å²) in [5.74, 6) is 0. The van der Waals surface area contributed by atoms with Gasteiger partial charge < -0.3 is 0 Å². The molecule has 3 aromatic heterocycles. The van der Waals surface area contributed by atoms with Crippen LogP contribution >= 0.6 is 23.1 Å². The maximum Gasteiger partial charge on any atom is 0.137 e. The number of hydrogen-bond acceptors (Lipinski definition) is 4. The summed E-state index contributed by atoms with van der Waals surface area (Å²) in [6, 6.07) is 3.98. The Balaban J connectivity index is 1.99. The van der Waals surface area contributed by atoms with E-state index in [-0.39, 0.29) is 0 Å². The third-order valence-corrected chi connectivity index (χ3v) is 4.00. The number of imidazole rings is 1. The van der Waals surface area contributed by atoms with E-state index in [0.29, 0.717) is 0 Å². The summed E-state index contributed by atoms with van der Waals surface area (Å²) in [6.07, 6.45) is 7.45. The number of fused-ring (bicyclic) bond motifs is 1. The fourth-order valence-corrected chi connectivity index (χ4v) is 3.05. The highest BCUT2D eigenvalue weighted by Gasteiger charge is 2.06. The zero-order valence-corrected chi connectivity index (χ0v) is 9.33. The molecule has 3 heterocycles. The van der Waals surface area contributed by atoms with Crippen LogP contribution in [0, 0.1) is 0 Å². The molecule has 0 atom stereocenters. The SMILES string of the molecule is c1cc(Sc2ncn3ccsc23)ccn1. The number of pyridine rings is 1. The van der Waals surface area contributed by atoms with Crippen molar-refractivity contribution in [2.45, 2.75) is 9.92 Å². The molecule has 3 aromatic rings. The molecule has 5 heteroatoms. The molecule has 0 bridgehead atoms. The van der Waals surface area contributed by atoms with Crippen molar-refractivity contribution >= 4 is 27.9 Å². The summed E-state index contributed by atoms with van der Waals surface area (Å²) in [4.78, 5) is 10.7. The second kappa shape index (κ2) is 3.67. The van der Waals surface area contributed by atoms with Gasteiger partial charge in [-0.2, -0.15) is 0 Å². The minimum atomic E-state index is 1.05. The highest BCUT2D eigenvalue weighted by Crippen LogP contribution is 2.31. The number of thiazole rings is 1. The number of aromatic nitrogens is 3. The van der Waals surface area contributed by atoms with Gasteiger partial charge in [0.25, 0.3) is 0 Å². The van der Waals surface area contributed by atoms with E-state index in [0.717, 1.165) is 5.03 Å². The largest absolute Gasteiger partial charge is 0.296 e. The molecule has 15 heavy (non-hydrogen) atoms.